The van der Waals surface area contributed by atoms with Crippen LogP contribution >= 0.6 is 0 Å². The van der Waals surface area contributed by atoms with Crippen molar-refractivity contribution in [2.45, 2.75) is 30.9 Å². The van der Waals surface area contributed by atoms with E-state index in [4.69, 9.17) is 4.74 Å². The summed E-state index contributed by atoms with van der Waals surface area (Å²) in [5.74, 6) is 0.246. The number of benzene rings is 2. The second-order valence-corrected chi connectivity index (χ2v) is 6.31. The van der Waals surface area contributed by atoms with Gasteiger partial charge in [-0.2, -0.15) is 0 Å². The number of aryl methyl sites for hydroxylation is 1. The van der Waals surface area contributed by atoms with E-state index in [1.54, 1.807) is 0 Å². The summed E-state index contributed by atoms with van der Waals surface area (Å²) in [5.41, 5.74) is 5.22. The molecule has 0 aliphatic carbocycles. The topological polar surface area (TPSA) is 21.3 Å². The van der Waals surface area contributed by atoms with Crippen molar-refractivity contribution in [1.82, 2.24) is 0 Å². The summed E-state index contributed by atoms with van der Waals surface area (Å²) in [4.78, 5) is 0. The van der Waals surface area contributed by atoms with Gasteiger partial charge in [0.2, 0.25) is 0 Å². The summed E-state index contributed by atoms with van der Waals surface area (Å²) in [6, 6.07) is 17.2. The largest absolute Gasteiger partial charge is 0.359 e. The number of allylic oxidation sites excluding steroid dienone is 1. The number of fused-ring (bicyclic) bond motifs is 3. The lowest BCUT2D eigenvalue weighted by Crippen LogP contribution is -2.40. The highest BCUT2D eigenvalue weighted by Crippen LogP contribution is 2.56. The predicted octanol–water partition coefficient (Wildman–Crippen LogP) is 4.37. The first-order valence-corrected chi connectivity index (χ1v) is 7.93. The fourth-order valence-corrected chi connectivity index (χ4v) is 4.38. The van der Waals surface area contributed by atoms with E-state index < -0.39 is 0 Å². The maximum atomic E-state index is 6.06. The van der Waals surface area contributed by atoms with Gasteiger partial charge in [-0.3, -0.25) is 0 Å². The Kier molecular flexibility index (Phi) is 3.08. The molecule has 0 amide bonds. The summed E-state index contributed by atoms with van der Waals surface area (Å²) in [7, 11) is 0. The Labute approximate surface area is 131 Å². The van der Waals surface area contributed by atoms with E-state index in [-0.39, 0.29) is 17.6 Å². The highest BCUT2D eigenvalue weighted by molar-refractivity contribution is 5.66. The zero-order valence-corrected chi connectivity index (χ0v) is 12.9. The Morgan fingerprint density at radius 3 is 2.82 bits per heavy atom. The molecule has 0 radical (unpaired) electrons. The Morgan fingerprint density at radius 1 is 1.23 bits per heavy atom. The van der Waals surface area contributed by atoms with E-state index in [1.807, 2.05) is 0 Å². The van der Waals surface area contributed by atoms with E-state index in [2.05, 4.69) is 73.4 Å². The average Bonchev–Trinajstić information content (AvgIpc) is 3.06. The van der Waals surface area contributed by atoms with Crippen molar-refractivity contribution in [1.29, 1.82) is 0 Å². The lowest BCUT2D eigenvalue weighted by Gasteiger charge is -2.36. The first-order valence-electron chi connectivity index (χ1n) is 7.93. The smallest absolute Gasteiger partial charge is 0.138 e. The molecule has 2 aromatic carbocycles. The maximum absolute atomic E-state index is 6.06. The number of rotatable bonds is 3. The number of hydrogen-bond donors (Lipinski definition) is 1. The van der Waals surface area contributed by atoms with Crippen LogP contribution < -0.4 is 5.32 Å². The number of anilines is 1. The second kappa shape index (κ2) is 4.99. The van der Waals surface area contributed by atoms with Crippen LogP contribution in [0.4, 0.5) is 5.69 Å². The van der Waals surface area contributed by atoms with Gasteiger partial charge in [0.1, 0.15) is 6.23 Å². The first kappa shape index (κ1) is 13.6. The molecule has 22 heavy (non-hydrogen) atoms. The van der Waals surface area contributed by atoms with Gasteiger partial charge in [0.25, 0.3) is 0 Å². The van der Waals surface area contributed by atoms with Gasteiger partial charge in [0.05, 0.1) is 12.0 Å². The molecule has 2 aromatic rings. The van der Waals surface area contributed by atoms with Crippen molar-refractivity contribution >= 4 is 5.69 Å². The van der Waals surface area contributed by atoms with Gasteiger partial charge in [0, 0.05) is 11.6 Å². The van der Waals surface area contributed by atoms with Crippen LogP contribution in [0, 0.1) is 6.92 Å². The lowest BCUT2D eigenvalue weighted by molar-refractivity contribution is 0.103. The molecular formula is C20H21NO. The van der Waals surface area contributed by atoms with Crippen molar-refractivity contribution in [3.8, 4) is 0 Å². The summed E-state index contributed by atoms with van der Waals surface area (Å²) >= 11 is 0. The number of ether oxygens (including phenoxy) is 1. The molecule has 2 aliphatic heterocycles. The molecule has 0 unspecified atom stereocenters. The van der Waals surface area contributed by atoms with Crippen LogP contribution in [0.5, 0.6) is 0 Å². The molecule has 1 N–H and O–H groups in total. The van der Waals surface area contributed by atoms with Gasteiger partial charge in [-0.1, -0.05) is 48.5 Å². The third-order valence-electron chi connectivity index (χ3n) is 5.24. The van der Waals surface area contributed by atoms with Gasteiger partial charge in [-0.15, -0.1) is 6.58 Å². The molecular weight excluding hydrogens is 270 g/mol. The van der Waals surface area contributed by atoms with E-state index in [9.17, 15) is 0 Å². The van der Waals surface area contributed by atoms with Crippen molar-refractivity contribution in [3.05, 3.63) is 77.9 Å². The molecule has 112 valence electrons. The molecule has 2 aliphatic rings. The average molecular weight is 291 g/mol. The molecule has 0 bridgehead atoms. The molecule has 2 nitrogen and oxygen atoms in total. The molecule has 4 rings (SSSR count). The van der Waals surface area contributed by atoms with Crippen molar-refractivity contribution in [2.24, 2.45) is 0 Å². The zero-order chi connectivity index (χ0) is 15.2. The Balaban J connectivity index is 1.93. The predicted molar refractivity (Wildman–Crippen MR) is 90.2 cm³/mol. The Bertz CT molecular complexity index is 709. The standard InChI is InChI=1S/C20H21NO/c1-3-16(15-9-5-4-6-10-15)20-12-13-22-19(20)21-17-11-7-8-14(2)18(17)20/h3-11,16,19,21H,1,12-13H2,2H3/t16-,19-,20+/m0/s1. The SMILES string of the molecule is C=C[C@@H](c1ccccc1)[C@@]12CCO[C@@H]1Nc1cccc(C)c12. The van der Waals surface area contributed by atoms with Gasteiger partial charge in [0.15, 0.2) is 0 Å². The molecule has 3 atom stereocenters. The minimum absolute atomic E-state index is 0.0341. The minimum Gasteiger partial charge on any atom is -0.359 e. The summed E-state index contributed by atoms with van der Waals surface area (Å²) < 4.78 is 6.06. The van der Waals surface area contributed by atoms with Gasteiger partial charge < -0.3 is 10.1 Å². The molecule has 0 saturated carbocycles. The molecule has 0 aromatic heterocycles. The quantitative estimate of drug-likeness (QED) is 0.848. The van der Waals surface area contributed by atoms with Crippen LogP contribution in [0.25, 0.3) is 0 Å². The zero-order valence-electron chi connectivity index (χ0n) is 12.9. The number of hydrogen-bond acceptors (Lipinski definition) is 2. The van der Waals surface area contributed by atoms with E-state index in [0.717, 1.165) is 13.0 Å². The van der Waals surface area contributed by atoms with Crippen molar-refractivity contribution in [2.75, 3.05) is 11.9 Å². The highest BCUT2D eigenvalue weighted by Gasteiger charge is 2.56. The summed E-state index contributed by atoms with van der Waals surface area (Å²) in [5, 5.41) is 3.59. The molecule has 0 spiro atoms. The Hall–Kier alpha value is -2.06. The molecule has 1 saturated heterocycles. The van der Waals surface area contributed by atoms with Crippen LogP contribution in [0.1, 0.15) is 29.0 Å². The van der Waals surface area contributed by atoms with Crippen molar-refractivity contribution in [3.63, 3.8) is 0 Å². The number of nitrogens with one attached hydrogen (secondary N) is 1. The van der Waals surface area contributed by atoms with Gasteiger partial charge >= 0.3 is 0 Å². The Morgan fingerprint density at radius 2 is 2.05 bits per heavy atom. The molecule has 2 heterocycles. The summed E-state index contributed by atoms with van der Waals surface area (Å²) in [6.07, 6.45) is 3.15. The third kappa shape index (κ3) is 1.71. The lowest BCUT2D eigenvalue weighted by atomic mass is 9.66. The normalized spacial score (nSPS) is 26.9. The van der Waals surface area contributed by atoms with E-state index >= 15 is 0 Å². The first-order chi connectivity index (χ1) is 10.8. The molecule has 1 fully saturated rings. The fraction of sp³-hybridized carbons (Fsp3) is 0.300. The second-order valence-electron chi connectivity index (χ2n) is 6.31. The van der Waals surface area contributed by atoms with Crippen LogP contribution in [-0.4, -0.2) is 12.8 Å². The van der Waals surface area contributed by atoms with Crippen LogP contribution in [0.2, 0.25) is 0 Å². The minimum atomic E-state index is -0.0518. The van der Waals surface area contributed by atoms with E-state index in [1.165, 1.54) is 22.4 Å². The van der Waals surface area contributed by atoms with Gasteiger partial charge in [-0.05, 0) is 36.1 Å². The third-order valence-corrected chi connectivity index (χ3v) is 5.24. The van der Waals surface area contributed by atoms with E-state index in [0.29, 0.717) is 0 Å². The maximum Gasteiger partial charge on any atom is 0.138 e. The van der Waals surface area contributed by atoms with Crippen LogP contribution in [0.3, 0.4) is 0 Å². The highest BCUT2D eigenvalue weighted by atomic mass is 16.5. The fourth-order valence-electron chi connectivity index (χ4n) is 4.38. The van der Waals surface area contributed by atoms with Crippen molar-refractivity contribution < 1.29 is 4.74 Å². The summed E-state index contributed by atoms with van der Waals surface area (Å²) in [6.45, 7) is 7.15. The van der Waals surface area contributed by atoms with Gasteiger partial charge in [-0.25, -0.2) is 0 Å². The van der Waals surface area contributed by atoms with Crippen LogP contribution in [0.15, 0.2) is 61.2 Å². The molecule has 2 heteroatoms. The monoisotopic (exact) mass is 291 g/mol. The van der Waals surface area contributed by atoms with Crippen LogP contribution in [-0.2, 0) is 10.2 Å².